The number of ether oxygens (including phenoxy) is 3. The Hall–Kier alpha value is -9.23. The number of fused-ring (bicyclic) bond motifs is 3. The highest BCUT2D eigenvalue weighted by atomic mass is 16.5. The van der Waals surface area contributed by atoms with E-state index in [2.05, 4.69) is 75.6 Å². The van der Waals surface area contributed by atoms with Crippen molar-refractivity contribution >= 4 is 50.0 Å². The van der Waals surface area contributed by atoms with Gasteiger partial charge in [0, 0.05) is 127 Å². The van der Waals surface area contributed by atoms with Crippen molar-refractivity contribution in [1.82, 2.24) is 39.6 Å². The van der Waals surface area contributed by atoms with Gasteiger partial charge in [0.05, 0.1) is 65.7 Å². The van der Waals surface area contributed by atoms with Crippen LogP contribution in [0.15, 0.2) is 125 Å². The Morgan fingerprint density at radius 2 is 1.00 bits per heavy atom. The number of aromatic nitrogens is 5. The van der Waals surface area contributed by atoms with Crippen LogP contribution in [0.5, 0.6) is 17.2 Å². The van der Waals surface area contributed by atoms with Crippen molar-refractivity contribution < 1.29 is 27.5 Å². The molecule has 0 spiro atoms. The van der Waals surface area contributed by atoms with Crippen LogP contribution < -0.4 is 45.8 Å². The fourth-order valence-corrected chi connectivity index (χ4v) is 11.2. The molecule has 0 saturated carbocycles. The molecular weight excluding hydrogens is 1100 g/mol. The third kappa shape index (κ3) is 13.9. The summed E-state index contributed by atoms with van der Waals surface area (Å²) >= 11 is 0. The number of hydrogen-bond acceptors (Lipinski definition) is 21. The van der Waals surface area contributed by atoms with Crippen molar-refractivity contribution in [2.45, 2.75) is 46.5 Å². The van der Waals surface area contributed by atoms with E-state index in [9.17, 15) is 14.4 Å². The zero-order chi connectivity index (χ0) is 61.1. The second-order valence-corrected chi connectivity index (χ2v) is 21.6. The minimum atomic E-state index is -0.407. The second kappa shape index (κ2) is 27.9. The van der Waals surface area contributed by atoms with Crippen molar-refractivity contribution in [2.24, 2.45) is 0 Å². The smallest absolute Gasteiger partial charge is 0.347 e. The Bertz CT molecular complexity index is 3950. The summed E-state index contributed by atoms with van der Waals surface area (Å²) in [6.07, 6.45) is 4.34. The molecule has 87 heavy (non-hydrogen) atoms. The van der Waals surface area contributed by atoms with Gasteiger partial charge in [0.2, 0.25) is 17.7 Å². The van der Waals surface area contributed by atoms with Crippen LogP contribution in [0.1, 0.15) is 43.9 Å². The summed E-state index contributed by atoms with van der Waals surface area (Å²) in [4.78, 5) is 75.1. The topological polar surface area (TPSA) is 226 Å². The van der Waals surface area contributed by atoms with E-state index in [0.717, 1.165) is 125 Å². The molecule has 0 unspecified atom stereocenters. The molecule has 452 valence electrons. The molecule has 0 radical (unpaired) electrons. The van der Waals surface area contributed by atoms with Gasteiger partial charge in [-0.3, -0.25) is 4.90 Å². The van der Waals surface area contributed by atoms with E-state index in [1.165, 1.54) is 0 Å². The Kier molecular flexibility index (Phi) is 19.5. The molecule has 0 aliphatic carbocycles. The lowest BCUT2D eigenvalue weighted by Gasteiger charge is -2.35. The van der Waals surface area contributed by atoms with E-state index < -0.39 is 11.3 Å². The highest BCUT2D eigenvalue weighted by Crippen LogP contribution is 2.33. The van der Waals surface area contributed by atoms with Gasteiger partial charge in [-0.25, -0.2) is 39.3 Å². The number of rotatable bonds is 14. The largest absolute Gasteiger partial charge is 0.497 e. The van der Waals surface area contributed by atoms with Gasteiger partial charge < -0.3 is 52.0 Å². The van der Waals surface area contributed by atoms with Crippen LogP contribution in [0.2, 0.25) is 0 Å². The third-order valence-electron chi connectivity index (χ3n) is 16.2. The molecule has 3 aliphatic heterocycles. The van der Waals surface area contributed by atoms with E-state index in [1.54, 1.807) is 45.7 Å². The average Bonchev–Trinajstić information content (AvgIpc) is 2.09. The number of piperazine rings is 3. The monoisotopic (exact) mass is 1180 g/mol. The molecule has 0 bridgehead atoms. The summed E-state index contributed by atoms with van der Waals surface area (Å²) in [6.45, 7) is 17.9. The van der Waals surface area contributed by atoms with Crippen molar-refractivity contribution in [1.29, 1.82) is 5.26 Å². The zero-order valence-electron chi connectivity index (χ0n) is 50.8. The molecule has 5 aromatic heterocycles. The minimum absolute atomic E-state index is 0.226. The van der Waals surface area contributed by atoms with Crippen LogP contribution in [0.3, 0.4) is 0 Å². The number of anilines is 3. The predicted molar refractivity (Wildman–Crippen MR) is 339 cm³/mol. The maximum absolute atomic E-state index is 12.9. The Balaban J connectivity index is 0.000000145. The Labute approximate surface area is 505 Å². The summed E-state index contributed by atoms with van der Waals surface area (Å²) in [5, 5.41) is 10.3. The van der Waals surface area contributed by atoms with E-state index in [-0.39, 0.29) is 17.4 Å². The van der Waals surface area contributed by atoms with Crippen LogP contribution in [0.25, 0.3) is 67.2 Å². The van der Waals surface area contributed by atoms with E-state index in [4.69, 9.17) is 37.7 Å². The number of nitrogens with zero attached hydrogens (tertiary/aromatic N) is 12. The van der Waals surface area contributed by atoms with Crippen molar-refractivity contribution in [3.63, 3.8) is 0 Å². The Morgan fingerprint density at radius 1 is 0.517 bits per heavy atom. The number of aryl methyl sites for hydroxylation is 3. The fraction of sp³-hybridized carbons (Fsp3) is 0.379. The van der Waals surface area contributed by atoms with E-state index in [1.807, 2.05) is 87.5 Å². The molecule has 3 aliphatic rings. The van der Waals surface area contributed by atoms with Crippen LogP contribution in [-0.4, -0.2) is 160 Å². The van der Waals surface area contributed by atoms with Gasteiger partial charge in [-0.1, -0.05) is 32.9 Å². The first kappa shape index (κ1) is 60.9. The standard InChI is InChI=1S/C23H25N5O3.C22H25N3O3.C21H24N4O3/c1-3-16-14-17(30-2)15-19-20(16)23(29)31-22(26-19)18-6-4-8-25-21(18)28-12-10-27(11-13-28)9-5-7-24;1-4-15-13-18(27-3)14-19-20(15)22(26)28-21(23-19)16-6-5-7-17(12-16)25-10-8-24(2)9-11-25;1-4-14-12-15(27-3)13-17-19(14)21(26)28-20(23-17)16-6-5-7-18(22-16)25-10-8-24(2)9-11-25/h4,6,8,14-15H,3,5,9-13H2,1-2H3;5-7,12-14H,4,8-11H2,1-3H3;5-7,12-13H,4,8-11H2,1-3H3. The molecule has 0 N–H and O–H groups in total. The Morgan fingerprint density at radius 3 is 1.53 bits per heavy atom. The van der Waals surface area contributed by atoms with Gasteiger partial charge in [-0.15, -0.1) is 0 Å². The number of pyridine rings is 2. The fourth-order valence-electron chi connectivity index (χ4n) is 11.2. The van der Waals surface area contributed by atoms with Crippen LogP contribution >= 0.6 is 0 Å². The third-order valence-corrected chi connectivity index (χ3v) is 16.2. The van der Waals surface area contributed by atoms with Gasteiger partial charge in [0.15, 0.2) is 0 Å². The lowest BCUT2D eigenvalue weighted by molar-refractivity contribution is 0.263. The van der Waals surface area contributed by atoms with Crippen molar-refractivity contribution in [3.8, 4) is 57.8 Å². The lowest BCUT2D eigenvalue weighted by atomic mass is 10.1. The summed E-state index contributed by atoms with van der Waals surface area (Å²) in [5.41, 5.74) is 6.32. The quantitative estimate of drug-likeness (QED) is 0.0993. The molecular formula is C66H74N12O9. The highest BCUT2D eigenvalue weighted by Gasteiger charge is 2.25. The van der Waals surface area contributed by atoms with E-state index >= 15 is 0 Å². The first-order chi connectivity index (χ1) is 42.3. The summed E-state index contributed by atoms with van der Waals surface area (Å²) in [5.74, 6) is 4.46. The zero-order valence-corrected chi connectivity index (χ0v) is 50.8. The SMILES string of the molecule is CCc1cc(OC)cc2nc(-c3cccc(N4CCN(C)CC4)c3)oc(=O)c12.CCc1cc(OC)cc2nc(-c3cccc(N4CCN(C)CC4)n3)oc(=O)c12.CCc1cc(OC)cc2nc(-c3cccnc3N3CCN(CCC#N)CC3)oc(=O)c12. The number of likely N-dealkylation sites (N-methyl/N-ethyl adjacent to an activating group) is 2. The van der Waals surface area contributed by atoms with Crippen molar-refractivity contribution in [2.75, 3.05) is 135 Å². The summed E-state index contributed by atoms with van der Waals surface area (Å²) in [7, 11) is 9.08. The molecule has 4 aromatic carbocycles. The lowest BCUT2D eigenvalue weighted by Crippen LogP contribution is -2.47. The van der Waals surface area contributed by atoms with Gasteiger partial charge in [-0.05, 0) is 111 Å². The number of hydrogen-bond donors (Lipinski definition) is 0. The van der Waals surface area contributed by atoms with E-state index in [0.29, 0.717) is 92.8 Å². The maximum Gasteiger partial charge on any atom is 0.347 e. The molecule has 3 fully saturated rings. The first-order valence-electron chi connectivity index (χ1n) is 29.6. The average molecular weight is 1180 g/mol. The molecule has 21 heteroatoms. The molecule has 9 aromatic rings. The maximum atomic E-state index is 12.9. The van der Waals surface area contributed by atoms with Gasteiger partial charge in [0.25, 0.3) is 0 Å². The van der Waals surface area contributed by atoms with Gasteiger partial charge in [-0.2, -0.15) is 5.26 Å². The van der Waals surface area contributed by atoms with Crippen molar-refractivity contribution in [3.05, 3.63) is 145 Å². The normalized spacial score (nSPS) is 15.0. The molecule has 8 heterocycles. The van der Waals surface area contributed by atoms with Crippen LogP contribution in [-0.2, 0) is 19.3 Å². The molecule has 0 atom stereocenters. The second-order valence-electron chi connectivity index (χ2n) is 21.6. The number of methoxy groups -OCH3 is 3. The van der Waals surface area contributed by atoms with Gasteiger partial charge >= 0.3 is 16.9 Å². The van der Waals surface area contributed by atoms with Crippen LogP contribution in [0.4, 0.5) is 17.3 Å². The highest BCUT2D eigenvalue weighted by molar-refractivity contribution is 5.86. The molecule has 12 rings (SSSR count). The molecule has 0 amide bonds. The molecule has 21 nitrogen and oxygen atoms in total. The van der Waals surface area contributed by atoms with Gasteiger partial charge in [0.1, 0.15) is 34.6 Å². The summed E-state index contributed by atoms with van der Waals surface area (Å²) < 4.78 is 33.0. The minimum Gasteiger partial charge on any atom is -0.497 e. The first-order valence-corrected chi connectivity index (χ1v) is 29.6. The number of benzene rings is 4. The summed E-state index contributed by atoms with van der Waals surface area (Å²) in [6, 6.07) is 30.5. The molecule has 3 saturated heterocycles. The van der Waals surface area contributed by atoms with Crippen LogP contribution in [0, 0.1) is 11.3 Å². The number of nitriles is 1. The predicted octanol–water partition coefficient (Wildman–Crippen LogP) is 8.61.